The number of ether oxygens (including phenoxy) is 1. The number of unbranched alkanes of at least 4 members (excludes halogenated alkanes) is 7. The highest BCUT2D eigenvalue weighted by Crippen LogP contribution is 2.62. The second-order valence-corrected chi connectivity index (χ2v) is 12.9. The van der Waals surface area contributed by atoms with Gasteiger partial charge >= 0.3 is 5.97 Å². The van der Waals surface area contributed by atoms with Crippen molar-refractivity contribution in [2.24, 2.45) is 17.8 Å². The molecular weight excluding hydrogens is 498 g/mol. The number of nitrogens with one attached hydrogen (secondary N) is 1. The van der Waals surface area contributed by atoms with Gasteiger partial charge < -0.3 is 15.2 Å². The lowest BCUT2D eigenvalue weighted by Crippen LogP contribution is -2.48. The van der Waals surface area contributed by atoms with E-state index in [1.165, 1.54) is 89.0 Å². The number of carboxylic acids is 1. The first-order valence-corrected chi connectivity index (χ1v) is 15.8. The minimum Gasteiger partial charge on any atom is -0.493 e. The molecule has 0 saturated heterocycles. The number of rotatable bonds is 15. The number of benzene rings is 2. The van der Waals surface area contributed by atoms with Crippen LogP contribution in [0.25, 0.3) is 0 Å². The Bertz CT molecular complexity index is 1120. The van der Waals surface area contributed by atoms with E-state index in [9.17, 15) is 9.59 Å². The van der Waals surface area contributed by atoms with Crippen molar-refractivity contribution in [2.45, 2.75) is 109 Å². The van der Waals surface area contributed by atoms with Gasteiger partial charge in [-0.15, -0.1) is 0 Å². The van der Waals surface area contributed by atoms with Crippen LogP contribution in [0.4, 0.5) is 0 Å². The summed E-state index contributed by atoms with van der Waals surface area (Å²) in [5.41, 5.74) is 3.23. The van der Waals surface area contributed by atoms with Gasteiger partial charge in [0, 0.05) is 17.7 Å². The summed E-state index contributed by atoms with van der Waals surface area (Å²) in [5.74, 6) is 2.40. The molecule has 0 aromatic heterocycles. The molecule has 2 aromatic rings. The van der Waals surface area contributed by atoms with E-state index < -0.39 is 5.97 Å². The molecule has 0 atom stereocenters. The van der Waals surface area contributed by atoms with Crippen molar-refractivity contribution >= 4 is 11.9 Å². The van der Waals surface area contributed by atoms with E-state index in [0.29, 0.717) is 12.1 Å². The molecule has 1 amide bonds. The van der Waals surface area contributed by atoms with Crippen molar-refractivity contribution in [2.75, 3.05) is 6.61 Å². The largest absolute Gasteiger partial charge is 0.493 e. The third kappa shape index (κ3) is 6.90. The molecule has 2 N–H and O–H groups in total. The first-order valence-electron chi connectivity index (χ1n) is 15.8. The van der Waals surface area contributed by atoms with Crippen LogP contribution in [-0.2, 0) is 12.0 Å². The first kappa shape index (κ1) is 28.7. The lowest BCUT2D eigenvalue weighted by Gasteiger charge is -2.57. The molecule has 0 radical (unpaired) electrons. The van der Waals surface area contributed by atoms with Gasteiger partial charge in [0.25, 0.3) is 5.91 Å². The highest BCUT2D eigenvalue weighted by molar-refractivity contribution is 5.94. The van der Waals surface area contributed by atoms with Gasteiger partial charge in [0.2, 0.25) is 0 Å². The van der Waals surface area contributed by atoms with Crippen molar-refractivity contribution in [1.82, 2.24) is 5.32 Å². The molecule has 4 bridgehead atoms. The number of aromatic carboxylic acids is 1. The average molecular weight is 546 g/mol. The van der Waals surface area contributed by atoms with Crippen LogP contribution in [0.3, 0.4) is 0 Å². The Hall–Kier alpha value is -2.82. The number of amides is 1. The van der Waals surface area contributed by atoms with Crippen LogP contribution >= 0.6 is 0 Å². The average Bonchev–Trinajstić information content (AvgIpc) is 2.94. The molecule has 0 unspecified atom stereocenters. The predicted octanol–water partition coefficient (Wildman–Crippen LogP) is 8.30. The first-order chi connectivity index (χ1) is 19.5. The molecule has 2 aromatic carbocycles. The van der Waals surface area contributed by atoms with Crippen molar-refractivity contribution in [1.29, 1.82) is 0 Å². The Morgan fingerprint density at radius 1 is 0.825 bits per heavy atom. The molecule has 4 aliphatic rings. The summed E-state index contributed by atoms with van der Waals surface area (Å²) in [5, 5.41) is 12.2. The number of carbonyl (C=O) groups is 2. The van der Waals surface area contributed by atoms with Gasteiger partial charge in [0.15, 0.2) is 0 Å². The number of hydrogen-bond donors (Lipinski definition) is 2. The minimum absolute atomic E-state index is 0.0945. The van der Waals surface area contributed by atoms with Crippen LogP contribution in [0, 0.1) is 17.8 Å². The van der Waals surface area contributed by atoms with Gasteiger partial charge in [-0.2, -0.15) is 0 Å². The summed E-state index contributed by atoms with van der Waals surface area (Å²) in [6.07, 6.45) is 18.1. The van der Waals surface area contributed by atoms with E-state index >= 15 is 0 Å². The lowest BCUT2D eigenvalue weighted by atomic mass is 9.48. The second kappa shape index (κ2) is 13.2. The van der Waals surface area contributed by atoms with E-state index in [4.69, 9.17) is 9.84 Å². The zero-order valence-electron chi connectivity index (χ0n) is 24.3. The van der Waals surface area contributed by atoms with Crippen LogP contribution in [0.2, 0.25) is 0 Å². The smallest absolute Gasteiger partial charge is 0.335 e. The Balaban J connectivity index is 1.25. The molecule has 0 aliphatic heterocycles. The Morgan fingerprint density at radius 2 is 1.40 bits per heavy atom. The summed E-state index contributed by atoms with van der Waals surface area (Å²) >= 11 is 0. The predicted molar refractivity (Wildman–Crippen MR) is 159 cm³/mol. The normalized spacial score (nSPS) is 24.7. The zero-order chi connectivity index (χ0) is 28.0. The zero-order valence-corrected chi connectivity index (χ0v) is 24.3. The van der Waals surface area contributed by atoms with Gasteiger partial charge in [0.1, 0.15) is 5.75 Å². The summed E-state index contributed by atoms with van der Waals surface area (Å²) in [4.78, 5) is 24.4. The maximum Gasteiger partial charge on any atom is 0.335 e. The monoisotopic (exact) mass is 545 g/mol. The third-order valence-electron chi connectivity index (χ3n) is 9.76. The van der Waals surface area contributed by atoms with Crippen molar-refractivity contribution in [3.8, 4) is 5.75 Å². The highest BCUT2D eigenvalue weighted by atomic mass is 16.5. The maximum absolute atomic E-state index is 13.3. The Morgan fingerprint density at radius 3 is 2.00 bits per heavy atom. The van der Waals surface area contributed by atoms with Crippen molar-refractivity contribution < 1.29 is 19.4 Å². The van der Waals surface area contributed by atoms with Crippen LogP contribution in [0.1, 0.15) is 129 Å². The van der Waals surface area contributed by atoms with Crippen LogP contribution < -0.4 is 10.1 Å². The summed E-state index contributed by atoms with van der Waals surface area (Å²) in [6, 6.07) is 12.8. The van der Waals surface area contributed by atoms with Gasteiger partial charge in [-0.1, -0.05) is 64.0 Å². The Kier molecular flexibility index (Phi) is 9.49. The molecule has 0 heterocycles. The fourth-order valence-corrected chi connectivity index (χ4v) is 8.12. The van der Waals surface area contributed by atoms with Crippen LogP contribution in [0.5, 0.6) is 5.75 Å². The minimum atomic E-state index is -0.947. The SMILES string of the molecule is CCCCCCCCCCOc1ccc(C(=O)NCc2ccc(C(=O)O)cc2)cc1C12CC3CC(CC(C3)C1)C2. The fraction of sp³-hybridized carbons (Fsp3) is 0.600. The van der Waals surface area contributed by atoms with Crippen molar-refractivity contribution in [3.05, 3.63) is 64.7 Å². The summed E-state index contributed by atoms with van der Waals surface area (Å²) in [6.45, 7) is 3.37. The molecule has 5 heteroatoms. The highest BCUT2D eigenvalue weighted by Gasteiger charge is 2.52. The van der Waals surface area contributed by atoms with E-state index in [-0.39, 0.29) is 16.9 Å². The van der Waals surface area contributed by atoms with Gasteiger partial charge in [-0.3, -0.25) is 4.79 Å². The summed E-state index contributed by atoms with van der Waals surface area (Å²) in [7, 11) is 0. The number of carboxylic acid groups (broad SMARTS) is 1. The van der Waals surface area contributed by atoms with E-state index in [1.54, 1.807) is 24.3 Å². The molecule has 4 fully saturated rings. The molecular formula is C35H47NO4. The van der Waals surface area contributed by atoms with Crippen LogP contribution in [0.15, 0.2) is 42.5 Å². The van der Waals surface area contributed by atoms with Gasteiger partial charge in [-0.25, -0.2) is 4.79 Å². The van der Waals surface area contributed by atoms with Crippen molar-refractivity contribution in [3.63, 3.8) is 0 Å². The molecule has 216 valence electrons. The van der Waals surface area contributed by atoms with E-state index in [0.717, 1.165) is 42.1 Å². The standard InChI is InChI=1S/C35H47NO4/c1-2-3-4-5-6-7-8-9-16-40-32-15-14-30(33(37)36-24-25-10-12-29(13-11-25)34(38)39)20-31(32)35-21-26-17-27(22-35)19-28(18-26)23-35/h10-15,20,26-28H,2-9,16-19,21-24H2,1H3,(H,36,37)(H,38,39). The lowest BCUT2D eigenvalue weighted by molar-refractivity contribution is -0.00642. The number of hydrogen-bond acceptors (Lipinski definition) is 3. The fourth-order valence-electron chi connectivity index (χ4n) is 8.12. The molecule has 4 aliphatic carbocycles. The molecule has 5 nitrogen and oxygen atoms in total. The number of carbonyl (C=O) groups excluding carboxylic acids is 1. The summed E-state index contributed by atoms with van der Waals surface area (Å²) < 4.78 is 6.49. The molecule has 0 spiro atoms. The van der Waals surface area contributed by atoms with E-state index in [2.05, 4.69) is 24.4 Å². The quantitative estimate of drug-likeness (QED) is 0.221. The maximum atomic E-state index is 13.3. The topological polar surface area (TPSA) is 75.6 Å². The van der Waals surface area contributed by atoms with Gasteiger partial charge in [0.05, 0.1) is 12.2 Å². The third-order valence-corrected chi connectivity index (χ3v) is 9.76. The van der Waals surface area contributed by atoms with Gasteiger partial charge in [-0.05, 0) is 104 Å². The van der Waals surface area contributed by atoms with Crippen LogP contribution in [-0.4, -0.2) is 23.6 Å². The molecule has 4 saturated carbocycles. The second-order valence-electron chi connectivity index (χ2n) is 12.9. The Labute approximate surface area is 240 Å². The molecule has 40 heavy (non-hydrogen) atoms. The molecule has 6 rings (SSSR count). The van der Waals surface area contributed by atoms with E-state index in [1.807, 2.05) is 6.07 Å².